The average Bonchev–Trinajstić information content (AvgIpc) is 2.26. The Labute approximate surface area is 119 Å². The van der Waals surface area contributed by atoms with Crippen LogP contribution in [0.1, 0.15) is 21.5 Å². The van der Waals surface area contributed by atoms with E-state index in [0.717, 1.165) is 0 Å². The molecule has 0 aliphatic rings. The first kappa shape index (κ1) is 16.6. The zero-order valence-electron chi connectivity index (χ0n) is 12.1. The molecule has 0 spiro atoms. The average molecular weight is 300 g/mol. The Morgan fingerprint density at radius 3 is 2.35 bits per heavy atom. The maximum atomic E-state index is 12.2. The van der Waals surface area contributed by atoms with Crippen LogP contribution in [0.3, 0.4) is 0 Å². The normalized spacial score (nSPS) is 11.8. The summed E-state index contributed by atoms with van der Waals surface area (Å²) in [5.74, 6) is -1.13. The molecule has 1 aromatic rings. The van der Waals surface area contributed by atoms with E-state index in [1.54, 1.807) is 19.9 Å². The molecule has 1 rings (SSSR count). The van der Waals surface area contributed by atoms with Gasteiger partial charge < -0.3 is 10.0 Å². The molecule has 112 valence electrons. The van der Waals surface area contributed by atoms with Crippen LogP contribution in [0.4, 0.5) is 0 Å². The van der Waals surface area contributed by atoms with Gasteiger partial charge in [-0.15, -0.1) is 0 Å². The van der Waals surface area contributed by atoms with Gasteiger partial charge in [0.05, 0.1) is 10.5 Å². The van der Waals surface area contributed by atoms with Gasteiger partial charge in [-0.25, -0.2) is 17.9 Å². The molecule has 0 saturated carbocycles. The predicted molar refractivity (Wildman–Crippen MR) is 76.6 cm³/mol. The summed E-state index contributed by atoms with van der Waals surface area (Å²) in [5, 5.41) is 9.07. The van der Waals surface area contributed by atoms with E-state index in [0.29, 0.717) is 17.7 Å². The van der Waals surface area contributed by atoms with Crippen molar-refractivity contribution in [1.29, 1.82) is 0 Å². The van der Waals surface area contributed by atoms with Gasteiger partial charge in [-0.2, -0.15) is 0 Å². The van der Waals surface area contributed by atoms with E-state index in [2.05, 4.69) is 4.72 Å². The summed E-state index contributed by atoms with van der Waals surface area (Å²) in [6.07, 6.45) is 0. The van der Waals surface area contributed by atoms with Gasteiger partial charge in [0.2, 0.25) is 10.0 Å². The van der Waals surface area contributed by atoms with Crippen LogP contribution in [0.15, 0.2) is 17.0 Å². The number of carbonyl (C=O) groups is 1. The second kappa shape index (κ2) is 6.34. The fourth-order valence-corrected chi connectivity index (χ4v) is 3.11. The molecule has 0 fully saturated rings. The van der Waals surface area contributed by atoms with Gasteiger partial charge >= 0.3 is 5.97 Å². The molecule has 2 N–H and O–H groups in total. The van der Waals surface area contributed by atoms with Gasteiger partial charge in [-0.3, -0.25) is 0 Å². The third-order valence-corrected chi connectivity index (χ3v) is 4.50. The highest BCUT2D eigenvalue weighted by molar-refractivity contribution is 7.89. The van der Waals surface area contributed by atoms with Crippen molar-refractivity contribution < 1.29 is 18.3 Å². The maximum Gasteiger partial charge on any atom is 0.335 e. The van der Waals surface area contributed by atoms with E-state index in [1.165, 1.54) is 6.07 Å². The SMILES string of the molecule is Cc1cc(C)c(S(=O)(=O)NCCN(C)C)cc1C(=O)O. The fraction of sp³-hybridized carbons (Fsp3) is 0.462. The summed E-state index contributed by atoms with van der Waals surface area (Å²) in [5.41, 5.74) is 1.08. The number of nitrogens with one attached hydrogen (secondary N) is 1. The highest BCUT2D eigenvalue weighted by Gasteiger charge is 2.20. The van der Waals surface area contributed by atoms with E-state index in [1.807, 2.05) is 19.0 Å². The Morgan fingerprint density at radius 1 is 1.25 bits per heavy atom. The first-order valence-electron chi connectivity index (χ1n) is 6.14. The van der Waals surface area contributed by atoms with Crippen molar-refractivity contribution in [3.63, 3.8) is 0 Å². The standard InChI is InChI=1S/C13H20N2O4S/c1-9-7-10(2)12(8-11(9)13(16)17)20(18,19)14-5-6-15(3)4/h7-8,14H,5-6H2,1-4H3,(H,16,17). The largest absolute Gasteiger partial charge is 0.478 e. The monoisotopic (exact) mass is 300 g/mol. The number of rotatable bonds is 6. The number of likely N-dealkylation sites (N-methyl/N-ethyl adjacent to an activating group) is 1. The smallest absolute Gasteiger partial charge is 0.335 e. The van der Waals surface area contributed by atoms with Crippen LogP contribution in [0.2, 0.25) is 0 Å². The van der Waals surface area contributed by atoms with Crippen LogP contribution in [-0.4, -0.2) is 51.6 Å². The zero-order chi connectivity index (χ0) is 15.5. The lowest BCUT2D eigenvalue weighted by atomic mass is 10.1. The number of carboxylic acid groups (broad SMARTS) is 1. The second-order valence-corrected chi connectivity index (χ2v) is 6.67. The second-order valence-electron chi connectivity index (χ2n) is 4.94. The molecule has 7 heteroatoms. The lowest BCUT2D eigenvalue weighted by molar-refractivity contribution is 0.0696. The fourth-order valence-electron chi connectivity index (χ4n) is 1.83. The summed E-state index contributed by atoms with van der Waals surface area (Å²) >= 11 is 0. The van der Waals surface area contributed by atoms with Crippen LogP contribution in [0, 0.1) is 13.8 Å². The van der Waals surface area contributed by atoms with Crippen molar-refractivity contribution >= 4 is 16.0 Å². The summed E-state index contributed by atoms with van der Waals surface area (Å²) in [6, 6.07) is 2.79. The van der Waals surface area contributed by atoms with Crippen molar-refractivity contribution in [3.8, 4) is 0 Å². The van der Waals surface area contributed by atoms with Gasteiger partial charge in [0, 0.05) is 13.1 Å². The van der Waals surface area contributed by atoms with Gasteiger partial charge in [0.1, 0.15) is 0 Å². The van der Waals surface area contributed by atoms with Gasteiger partial charge in [-0.1, -0.05) is 6.07 Å². The van der Waals surface area contributed by atoms with Crippen molar-refractivity contribution in [2.24, 2.45) is 0 Å². The van der Waals surface area contributed by atoms with Gasteiger partial charge in [0.15, 0.2) is 0 Å². The van der Waals surface area contributed by atoms with E-state index in [4.69, 9.17) is 5.11 Å². The number of aryl methyl sites for hydroxylation is 2. The number of carboxylic acids is 1. The summed E-state index contributed by atoms with van der Waals surface area (Å²) in [7, 11) is -0.0169. The molecule has 0 aromatic heterocycles. The lowest BCUT2D eigenvalue weighted by Crippen LogP contribution is -2.32. The molecule has 0 atom stereocenters. The minimum Gasteiger partial charge on any atom is -0.478 e. The Bertz CT molecular complexity index is 609. The number of sulfonamides is 1. The maximum absolute atomic E-state index is 12.2. The highest BCUT2D eigenvalue weighted by atomic mass is 32.2. The quantitative estimate of drug-likeness (QED) is 0.813. The van der Waals surface area contributed by atoms with Crippen LogP contribution >= 0.6 is 0 Å². The third kappa shape index (κ3) is 4.03. The van der Waals surface area contributed by atoms with E-state index >= 15 is 0 Å². The van der Waals surface area contributed by atoms with Gasteiger partial charge in [0.25, 0.3) is 0 Å². The topological polar surface area (TPSA) is 86.7 Å². The van der Waals surface area contributed by atoms with E-state index in [9.17, 15) is 13.2 Å². The first-order chi connectivity index (χ1) is 9.15. The van der Waals surface area contributed by atoms with Crippen LogP contribution in [-0.2, 0) is 10.0 Å². The molecule has 0 aliphatic heterocycles. The molecule has 0 unspecified atom stereocenters. The minimum atomic E-state index is -3.70. The Hall–Kier alpha value is -1.44. The molecule has 20 heavy (non-hydrogen) atoms. The molecule has 6 nitrogen and oxygen atoms in total. The van der Waals surface area contributed by atoms with E-state index in [-0.39, 0.29) is 17.0 Å². The predicted octanol–water partition coefficient (Wildman–Crippen LogP) is 0.842. The van der Waals surface area contributed by atoms with E-state index < -0.39 is 16.0 Å². The number of hydrogen-bond donors (Lipinski definition) is 2. The lowest BCUT2D eigenvalue weighted by Gasteiger charge is -2.13. The van der Waals surface area contributed by atoms with Crippen molar-refractivity contribution in [2.75, 3.05) is 27.2 Å². The number of hydrogen-bond acceptors (Lipinski definition) is 4. The molecule has 0 bridgehead atoms. The molecule has 0 aliphatic carbocycles. The molecular weight excluding hydrogens is 280 g/mol. The van der Waals surface area contributed by atoms with Crippen LogP contribution < -0.4 is 4.72 Å². The summed E-state index contributed by atoms with van der Waals surface area (Å²) in [6.45, 7) is 4.13. The van der Waals surface area contributed by atoms with Gasteiger partial charge in [-0.05, 0) is 45.1 Å². The number of benzene rings is 1. The van der Waals surface area contributed by atoms with Crippen LogP contribution in [0.5, 0.6) is 0 Å². The molecular formula is C13H20N2O4S. The van der Waals surface area contributed by atoms with Crippen molar-refractivity contribution in [2.45, 2.75) is 18.7 Å². The molecule has 0 saturated heterocycles. The summed E-state index contributed by atoms with van der Waals surface area (Å²) in [4.78, 5) is 13.0. The Balaban J connectivity index is 3.11. The number of aromatic carboxylic acids is 1. The van der Waals surface area contributed by atoms with Crippen molar-refractivity contribution in [1.82, 2.24) is 9.62 Å². The summed E-state index contributed by atoms with van der Waals surface area (Å²) < 4.78 is 26.9. The first-order valence-corrected chi connectivity index (χ1v) is 7.62. The zero-order valence-corrected chi connectivity index (χ0v) is 12.9. The molecule has 1 aromatic carbocycles. The third-order valence-electron chi connectivity index (χ3n) is 2.89. The molecule has 0 amide bonds. The molecule has 0 heterocycles. The highest BCUT2D eigenvalue weighted by Crippen LogP contribution is 2.20. The Morgan fingerprint density at radius 2 is 1.85 bits per heavy atom. The van der Waals surface area contributed by atoms with Crippen molar-refractivity contribution in [3.05, 3.63) is 28.8 Å². The minimum absolute atomic E-state index is 0.00332. The van der Waals surface area contributed by atoms with Crippen LogP contribution in [0.25, 0.3) is 0 Å². The Kier molecular flexibility index (Phi) is 5.27. The molecule has 0 radical (unpaired) electrons. The number of nitrogens with zero attached hydrogens (tertiary/aromatic N) is 1.